The number of nitrogens with two attached hydrogens (primary N) is 1. The summed E-state index contributed by atoms with van der Waals surface area (Å²) in [6.07, 6.45) is 0. The molecule has 1 aromatic heterocycles. The Kier molecular flexibility index (Phi) is 2.04. The number of anilines is 1. The van der Waals surface area contributed by atoms with E-state index in [0.29, 0.717) is 16.5 Å². The van der Waals surface area contributed by atoms with Crippen LogP contribution in [0.25, 0.3) is 10.9 Å². The molecule has 0 amide bonds. The number of hydrogen-bond donors (Lipinski definition) is 1. The number of rotatable bonds is 0. The molecule has 0 aliphatic rings. The second kappa shape index (κ2) is 3.10. The molecule has 4 heteroatoms. The molecule has 0 aliphatic carbocycles. The van der Waals surface area contributed by atoms with Gasteiger partial charge in [0.05, 0.1) is 10.5 Å². The average molecular weight is 211 g/mol. The molecule has 2 nitrogen and oxygen atoms in total. The van der Waals surface area contributed by atoms with Crippen LogP contribution in [0, 0.1) is 12.7 Å². The summed E-state index contributed by atoms with van der Waals surface area (Å²) in [6.45, 7) is 1.69. The molecule has 72 valence electrons. The van der Waals surface area contributed by atoms with Gasteiger partial charge in [-0.15, -0.1) is 0 Å². The lowest BCUT2D eigenvalue weighted by Crippen LogP contribution is -1.94. The number of nitrogens with zero attached hydrogens (tertiary/aromatic N) is 1. The summed E-state index contributed by atoms with van der Waals surface area (Å²) >= 11 is 5.76. The van der Waals surface area contributed by atoms with Crippen molar-refractivity contribution in [3.8, 4) is 0 Å². The van der Waals surface area contributed by atoms with E-state index >= 15 is 0 Å². The fourth-order valence-electron chi connectivity index (χ4n) is 1.31. The minimum atomic E-state index is -0.295. The summed E-state index contributed by atoms with van der Waals surface area (Å²) < 4.78 is 13.6. The number of benzene rings is 1. The minimum absolute atomic E-state index is 0.224. The van der Waals surface area contributed by atoms with E-state index in [-0.39, 0.29) is 16.7 Å². The van der Waals surface area contributed by atoms with Gasteiger partial charge in [0.1, 0.15) is 11.6 Å². The molecule has 0 bridgehead atoms. The molecule has 0 unspecified atom stereocenters. The Morgan fingerprint density at radius 2 is 2.14 bits per heavy atom. The lowest BCUT2D eigenvalue weighted by Gasteiger charge is -2.04. The summed E-state index contributed by atoms with van der Waals surface area (Å²) in [7, 11) is 0. The van der Waals surface area contributed by atoms with E-state index in [4.69, 9.17) is 17.3 Å². The molecule has 0 saturated carbocycles. The first-order valence-electron chi connectivity index (χ1n) is 4.10. The zero-order chi connectivity index (χ0) is 10.3. The summed E-state index contributed by atoms with van der Waals surface area (Å²) in [5.74, 6) is -0.0701. The third kappa shape index (κ3) is 1.30. The molecule has 14 heavy (non-hydrogen) atoms. The zero-order valence-electron chi connectivity index (χ0n) is 7.51. The van der Waals surface area contributed by atoms with Crippen molar-refractivity contribution in [1.82, 2.24) is 4.98 Å². The minimum Gasteiger partial charge on any atom is -0.382 e. The van der Waals surface area contributed by atoms with Crippen LogP contribution in [-0.2, 0) is 0 Å². The van der Waals surface area contributed by atoms with Crippen LogP contribution in [-0.4, -0.2) is 4.98 Å². The predicted molar refractivity (Wildman–Crippen MR) is 55.9 cm³/mol. The maximum Gasteiger partial charge on any atom is 0.142 e. The number of hydrogen-bond acceptors (Lipinski definition) is 2. The summed E-state index contributed by atoms with van der Waals surface area (Å²) in [4.78, 5) is 3.98. The monoisotopic (exact) mass is 210 g/mol. The Bertz CT molecular complexity index is 511. The van der Waals surface area contributed by atoms with Crippen molar-refractivity contribution in [3.05, 3.63) is 34.6 Å². The van der Waals surface area contributed by atoms with Crippen LogP contribution in [0.2, 0.25) is 5.02 Å². The lowest BCUT2D eigenvalue weighted by molar-refractivity contribution is 0.630. The van der Waals surface area contributed by atoms with Crippen LogP contribution in [0.3, 0.4) is 0 Å². The van der Waals surface area contributed by atoms with Crippen LogP contribution in [0.4, 0.5) is 10.2 Å². The number of aromatic nitrogens is 1. The largest absolute Gasteiger partial charge is 0.382 e. The predicted octanol–water partition coefficient (Wildman–Crippen LogP) is 2.92. The molecule has 0 atom stereocenters. The summed E-state index contributed by atoms with van der Waals surface area (Å²) in [5, 5.41) is 0.686. The molecular weight excluding hydrogens is 203 g/mol. The summed E-state index contributed by atoms with van der Waals surface area (Å²) in [6, 6.07) is 4.89. The fraction of sp³-hybridized carbons (Fsp3) is 0.100. The van der Waals surface area contributed by atoms with Crippen molar-refractivity contribution in [3.63, 3.8) is 0 Å². The van der Waals surface area contributed by atoms with Gasteiger partial charge >= 0.3 is 0 Å². The van der Waals surface area contributed by atoms with Gasteiger partial charge in [0.25, 0.3) is 0 Å². The molecule has 2 rings (SSSR count). The van der Waals surface area contributed by atoms with E-state index in [2.05, 4.69) is 4.98 Å². The highest BCUT2D eigenvalue weighted by Gasteiger charge is 2.07. The van der Waals surface area contributed by atoms with E-state index in [1.807, 2.05) is 0 Å². The third-order valence-corrected chi connectivity index (χ3v) is 2.41. The molecular formula is C10H8ClFN2. The maximum absolute atomic E-state index is 13.6. The Labute approximate surface area is 85.5 Å². The number of aryl methyl sites for hydroxylation is 1. The second-order valence-electron chi connectivity index (χ2n) is 3.12. The molecule has 0 fully saturated rings. The smallest absolute Gasteiger partial charge is 0.142 e. The van der Waals surface area contributed by atoms with Gasteiger partial charge in [-0.05, 0) is 24.6 Å². The standard InChI is InChI=1S/C10H8ClFN2/c1-5-2-3-8-6(9(5)12)4-7(11)10(13)14-8/h2-4H,1H3,(H2,13,14). The van der Waals surface area contributed by atoms with Crippen LogP contribution < -0.4 is 5.73 Å². The SMILES string of the molecule is Cc1ccc2nc(N)c(Cl)cc2c1F. The highest BCUT2D eigenvalue weighted by atomic mass is 35.5. The Morgan fingerprint density at radius 1 is 1.43 bits per heavy atom. The first-order chi connectivity index (χ1) is 6.59. The molecule has 0 spiro atoms. The van der Waals surface area contributed by atoms with E-state index < -0.39 is 0 Å². The number of pyridine rings is 1. The molecule has 2 N–H and O–H groups in total. The molecule has 0 radical (unpaired) electrons. The van der Waals surface area contributed by atoms with Gasteiger partial charge in [0.15, 0.2) is 0 Å². The number of halogens is 2. The molecule has 1 heterocycles. The normalized spacial score (nSPS) is 10.8. The van der Waals surface area contributed by atoms with Crippen molar-refractivity contribution in [2.75, 3.05) is 5.73 Å². The first kappa shape index (κ1) is 9.21. The van der Waals surface area contributed by atoms with E-state index in [1.165, 1.54) is 6.07 Å². The van der Waals surface area contributed by atoms with Gasteiger partial charge in [-0.25, -0.2) is 9.37 Å². The number of nitrogen functional groups attached to an aromatic ring is 1. The van der Waals surface area contributed by atoms with E-state index in [1.54, 1.807) is 19.1 Å². The third-order valence-electron chi connectivity index (χ3n) is 2.11. The van der Waals surface area contributed by atoms with Gasteiger partial charge in [-0.2, -0.15) is 0 Å². The zero-order valence-corrected chi connectivity index (χ0v) is 8.27. The van der Waals surface area contributed by atoms with Gasteiger partial charge in [0.2, 0.25) is 0 Å². The van der Waals surface area contributed by atoms with Crippen LogP contribution >= 0.6 is 11.6 Å². The topological polar surface area (TPSA) is 38.9 Å². The van der Waals surface area contributed by atoms with Crippen LogP contribution in [0.1, 0.15) is 5.56 Å². The Hall–Kier alpha value is -1.35. The first-order valence-corrected chi connectivity index (χ1v) is 4.48. The second-order valence-corrected chi connectivity index (χ2v) is 3.53. The van der Waals surface area contributed by atoms with Crippen molar-refractivity contribution in [2.24, 2.45) is 0 Å². The quantitative estimate of drug-likeness (QED) is 0.726. The maximum atomic E-state index is 13.6. The molecule has 0 aliphatic heterocycles. The van der Waals surface area contributed by atoms with Gasteiger partial charge in [0, 0.05) is 5.39 Å². The highest BCUT2D eigenvalue weighted by molar-refractivity contribution is 6.33. The lowest BCUT2D eigenvalue weighted by atomic mass is 10.1. The molecule has 1 aromatic carbocycles. The Morgan fingerprint density at radius 3 is 2.86 bits per heavy atom. The van der Waals surface area contributed by atoms with Crippen molar-refractivity contribution in [2.45, 2.75) is 6.92 Å². The van der Waals surface area contributed by atoms with Gasteiger partial charge in [-0.1, -0.05) is 17.7 Å². The Balaban J connectivity index is 2.89. The summed E-state index contributed by atoms with van der Waals surface area (Å²) in [5.41, 5.74) is 6.60. The van der Waals surface area contributed by atoms with Crippen molar-refractivity contribution < 1.29 is 4.39 Å². The van der Waals surface area contributed by atoms with Crippen LogP contribution in [0.15, 0.2) is 18.2 Å². The molecule has 0 saturated heterocycles. The fourth-order valence-corrected chi connectivity index (χ4v) is 1.46. The molecule has 2 aromatic rings. The van der Waals surface area contributed by atoms with Gasteiger partial charge < -0.3 is 5.73 Å². The number of fused-ring (bicyclic) bond motifs is 1. The van der Waals surface area contributed by atoms with Crippen LogP contribution in [0.5, 0.6) is 0 Å². The van der Waals surface area contributed by atoms with E-state index in [9.17, 15) is 4.39 Å². The van der Waals surface area contributed by atoms with Crippen molar-refractivity contribution in [1.29, 1.82) is 0 Å². The van der Waals surface area contributed by atoms with E-state index in [0.717, 1.165) is 0 Å². The van der Waals surface area contributed by atoms with Gasteiger partial charge in [-0.3, -0.25) is 0 Å². The van der Waals surface area contributed by atoms with Crippen molar-refractivity contribution >= 4 is 28.3 Å². The average Bonchev–Trinajstić information content (AvgIpc) is 2.15. The highest BCUT2D eigenvalue weighted by Crippen LogP contribution is 2.25.